The Bertz CT molecular complexity index is 979. The minimum atomic E-state index is -4.47. The molecule has 3 amide bonds. The van der Waals surface area contributed by atoms with Crippen molar-refractivity contribution in [3.63, 3.8) is 0 Å². The van der Waals surface area contributed by atoms with Gasteiger partial charge in [0.05, 0.1) is 12.7 Å². The molecule has 1 heterocycles. The summed E-state index contributed by atoms with van der Waals surface area (Å²) in [5, 5.41) is 5.52. The fourth-order valence-corrected chi connectivity index (χ4v) is 4.23. The number of carbonyl (C=O) groups is 2. The smallest absolute Gasteiger partial charge is 0.416 e. The van der Waals surface area contributed by atoms with Crippen LogP contribution in [0.3, 0.4) is 0 Å². The lowest BCUT2D eigenvalue weighted by atomic mass is 9.81. The highest BCUT2D eigenvalue weighted by atomic mass is 19.4. The van der Waals surface area contributed by atoms with Gasteiger partial charge >= 0.3 is 12.2 Å². The van der Waals surface area contributed by atoms with E-state index in [0.29, 0.717) is 32.5 Å². The highest BCUT2D eigenvalue weighted by Gasteiger charge is 2.33. The van der Waals surface area contributed by atoms with Crippen molar-refractivity contribution in [2.45, 2.75) is 38.9 Å². The second-order valence-corrected chi connectivity index (χ2v) is 8.50. The molecule has 3 rings (SSSR count). The standard InChI is InChI=1S/C25H30F3N3O3/c1-3-18-16-31(24(33)30-21-6-4-5-20(14-21)25(26,27)28)12-11-19(18)13-23(32)29-15-17-7-9-22(34-2)10-8-17/h4-10,14,18-19H,3,11-13,15-16H2,1-2H3,(H,29,32)(H,30,33). The van der Waals surface area contributed by atoms with Crippen molar-refractivity contribution < 1.29 is 27.5 Å². The zero-order chi connectivity index (χ0) is 24.7. The predicted octanol–water partition coefficient (Wildman–Crippen LogP) is 5.30. The molecule has 0 radical (unpaired) electrons. The number of ether oxygens (including phenoxy) is 1. The normalized spacial score (nSPS) is 18.3. The van der Waals surface area contributed by atoms with Crippen LogP contribution in [-0.2, 0) is 17.5 Å². The van der Waals surface area contributed by atoms with Crippen LogP contribution in [0.5, 0.6) is 5.75 Å². The van der Waals surface area contributed by atoms with E-state index >= 15 is 0 Å². The fraction of sp³-hybridized carbons (Fsp3) is 0.440. The average Bonchev–Trinajstić information content (AvgIpc) is 2.83. The molecule has 1 aliphatic rings. The van der Waals surface area contributed by atoms with Gasteiger partial charge in [0.15, 0.2) is 0 Å². The predicted molar refractivity (Wildman–Crippen MR) is 123 cm³/mol. The summed E-state index contributed by atoms with van der Waals surface area (Å²) in [6.07, 6.45) is -2.65. The Morgan fingerprint density at radius 1 is 1.12 bits per heavy atom. The molecule has 0 aliphatic carbocycles. The third-order valence-corrected chi connectivity index (χ3v) is 6.24. The third-order valence-electron chi connectivity index (χ3n) is 6.24. The molecule has 1 aliphatic heterocycles. The van der Waals surface area contributed by atoms with Crippen LogP contribution in [0.15, 0.2) is 48.5 Å². The average molecular weight is 478 g/mol. The number of hydrogen-bond donors (Lipinski definition) is 2. The molecule has 2 aromatic carbocycles. The van der Waals surface area contributed by atoms with Crippen LogP contribution in [0.1, 0.15) is 37.3 Å². The van der Waals surface area contributed by atoms with Crippen molar-refractivity contribution in [2.24, 2.45) is 11.8 Å². The summed E-state index contributed by atoms with van der Waals surface area (Å²) in [4.78, 5) is 26.8. The number of benzene rings is 2. The Labute approximate surface area is 197 Å². The van der Waals surface area contributed by atoms with Crippen LogP contribution >= 0.6 is 0 Å². The fourth-order valence-electron chi connectivity index (χ4n) is 4.23. The van der Waals surface area contributed by atoms with Gasteiger partial charge in [-0.05, 0) is 54.2 Å². The van der Waals surface area contributed by atoms with Gasteiger partial charge < -0.3 is 20.3 Å². The first-order valence-corrected chi connectivity index (χ1v) is 11.3. The quantitative estimate of drug-likeness (QED) is 0.569. The lowest BCUT2D eigenvalue weighted by Crippen LogP contribution is -2.46. The number of carbonyl (C=O) groups excluding carboxylic acids is 2. The Kier molecular flexibility index (Phi) is 8.41. The number of methoxy groups -OCH3 is 1. The zero-order valence-corrected chi connectivity index (χ0v) is 19.3. The van der Waals surface area contributed by atoms with E-state index in [2.05, 4.69) is 10.6 Å². The number of piperidine rings is 1. The van der Waals surface area contributed by atoms with E-state index in [1.165, 1.54) is 12.1 Å². The van der Waals surface area contributed by atoms with Gasteiger partial charge in [-0.3, -0.25) is 4.79 Å². The van der Waals surface area contributed by atoms with E-state index in [1.807, 2.05) is 31.2 Å². The zero-order valence-electron chi connectivity index (χ0n) is 19.3. The van der Waals surface area contributed by atoms with E-state index in [9.17, 15) is 22.8 Å². The third kappa shape index (κ3) is 6.88. The molecule has 34 heavy (non-hydrogen) atoms. The number of anilines is 1. The van der Waals surface area contributed by atoms with Crippen LogP contribution in [-0.4, -0.2) is 37.0 Å². The van der Waals surface area contributed by atoms with Crippen LogP contribution in [0.25, 0.3) is 0 Å². The number of nitrogens with one attached hydrogen (secondary N) is 2. The summed E-state index contributed by atoms with van der Waals surface area (Å²) in [5.41, 5.74) is 0.270. The van der Waals surface area contributed by atoms with Crippen molar-refractivity contribution in [2.75, 3.05) is 25.5 Å². The molecule has 2 aromatic rings. The van der Waals surface area contributed by atoms with Crippen LogP contribution in [0.4, 0.5) is 23.7 Å². The number of likely N-dealkylation sites (tertiary alicyclic amines) is 1. The monoisotopic (exact) mass is 477 g/mol. The summed E-state index contributed by atoms with van der Waals surface area (Å²) in [7, 11) is 1.60. The van der Waals surface area contributed by atoms with Crippen LogP contribution in [0, 0.1) is 11.8 Å². The maximum atomic E-state index is 12.9. The second kappa shape index (κ2) is 11.3. The number of amides is 3. The molecule has 0 saturated carbocycles. The summed E-state index contributed by atoms with van der Waals surface area (Å²) in [5.74, 6) is 0.983. The van der Waals surface area contributed by atoms with Gasteiger partial charge in [-0.1, -0.05) is 31.5 Å². The van der Waals surface area contributed by atoms with E-state index in [-0.39, 0.29) is 23.4 Å². The number of hydrogen-bond acceptors (Lipinski definition) is 3. The summed E-state index contributed by atoms with van der Waals surface area (Å²) < 4.78 is 43.9. The van der Waals surface area contributed by atoms with Gasteiger partial charge in [-0.15, -0.1) is 0 Å². The van der Waals surface area contributed by atoms with Crippen molar-refractivity contribution in [1.82, 2.24) is 10.2 Å². The molecular formula is C25H30F3N3O3. The summed E-state index contributed by atoms with van der Waals surface area (Å²) >= 11 is 0. The maximum absolute atomic E-state index is 12.9. The Morgan fingerprint density at radius 2 is 1.85 bits per heavy atom. The Morgan fingerprint density at radius 3 is 2.50 bits per heavy atom. The summed E-state index contributed by atoms with van der Waals surface area (Å²) in [6, 6.07) is 11.6. The number of urea groups is 1. The maximum Gasteiger partial charge on any atom is 0.416 e. The van der Waals surface area contributed by atoms with E-state index in [1.54, 1.807) is 12.0 Å². The highest BCUT2D eigenvalue weighted by Crippen LogP contribution is 2.32. The highest BCUT2D eigenvalue weighted by molar-refractivity contribution is 5.89. The molecule has 0 aromatic heterocycles. The first-order chi connectivity index (χ1) is 16.2. The molecule has 6 nitrogen and oxygen atoms in total. The van der Waals surface area contributed by atoms with Crippen molar-refractivity contribution in [3.05, 3.63) is 59.7 Å². The number of nitrogens with zero attached hydrogens (tertiary/aromatic N) is 1. The number of alkyl halides is 3. The van der Waals surface area contributed by atoms with Crippen molar-refractivity contribution in [3.8, 4) is 5.75 Å². The molecule has 2 atom stereocenters. The number of halogens is 3. The molecule has 9 heteroatoms. The second-order valence-electron chi connectivity index (χ2n) is 8.50. The van der Waals surface area contributed by atoms with Crippen LogP contribution in [0.2, 0.25) is 0 Å². The van der Waals surface area contributed by atoms with Gasteiger partial charge in [0.1, 0.15) is 5.75 Å². The minimum absolute atomic E-state index is 0.0406. The molecule has 1 saturated heterocycles. The van der Waals surface area contributed by atoms with Gasteiger partial charge in [-0.2, -0.15) is 13.2 Å². The molecular weight excluding hydrogens is 447 g/mol. The molecule has 0 bridgehead atoms. The van der Waals surface area contributed by atoms with Crippen molar-refractivity contribution in [1.29, 1.82) is 0 Å². The van der Waals surface area contributed by atoms with Gasteiger partial charge in [0.2, 0.25) is 5.91 Å². The van der Waals surface area contributed by atoms with Gasteiger partial charge in [0.25, 0.3) is 0 Å². The molecule has 0 spiro atoms. The van der Waals surface area contributed by atoms with E-state index in [0.717, 1.165) is 29.9 Å². The Balaban J connectivity index is 1.50. The molecule has 1 fully saturated rings. The first-order valence-electron chi connectivity index (χ1n) is 11.3. The van der Waals surface area contributed by atoms with E-state index in [4.69, 9.17) is 4.74 Å². The van der Waals surface area contributed by atoms with Crippen LogP contribution < -0.4 is 15.4 Å². The van der Waals surface area contributed by atoms with Gasteiger partial charge in [-0.25, -0.2) is 4.79 Å². The molecule has 2 N–H and O–H groups in total. The SMILES string of the molecule is CCC1CN(C(=O)Nc2cccc(C(F)(F)F)c2)CCC1CC(=O)NCc1ccc(OC)cc1. The lowest BCUT2D eigenvalue weighted by Gasteiger charge is -2.38. The Hall–Kier alpha value is -3.23. The van der Waals surface area contributed by atoms with Gasteiger partial charge in [0, 0.05) is 31.7 Å². The number of rotatable bonds is 7. The van der Waals surface area contributed by atoms with Crippen molar-refractivity contribution >= 4 is 17.6 Å². The first kappa shape index (κ1) is 25.4. The minimum Gasteiger partial charge on any atom is -0.497 e. The summed E-state index contributed by atoms with van der Waals surface area (Å²) in [6.45, 7) is 3.34. The molecule has 2 unspecified atom stereocenters. The molecule has 184 valence electrons. The topological polar surface area (TPSA) is 70.7 Å². The van der Waals surface area contributed by atoms with E-state index < -0.39 is 17.8 Å². The largest absolute Gasteiger partial charge is 0.497 e. The lowest BCUT2D eigenvalue weighted by molar-refractivity contribution is -0.137.